The Morgan fingerprint density at radius 3 is 2.17 bits per heavy atom. The van der Waals surface area contributed by atoms with E-state index in [1.165, 1.54) is 37.4 Å². The topological polar surface area (TPSA) is 171 Å². The van der Waals surface area contributed by atoms with Crippen LogP contribution in [0, 0.1) is 10.1 Å². The number of nitrogens with zero attached hydrogens (tertiary/aromatic N) is 1. The number of nitrogens with one attached hydrogen (secondary N) is 1. The van der Waals surface area contributed by atoms with Crippen molar-refractivity contribution in [1.82, 2.24) is 0 Å². The van der Waals surface area contributed by atoms with Crippen molar-refractivity contribution >= 4 is 45.4 Å². The summed E-state index contributed by atoms with van der Waals surface area (Å²) in [6.07, 6.45) is 0. The third-order valence-electron chi connectivity index (χ3n) is 4.87. The van der Waals surface area contributed by atoms with Crippen LogP contribution in [0.3, 0.4) is 0 Å². The number of nitro benzene ring substituents is 1. The summed E-state index contributed by atoms with van der Waals surface area (Å²) in [5.41, 5.74) is 12.7. The maximum atomic E-state index is 12.5. The van der Waals surface area contributed by atoms with E-state index in [1.54, 1.807) is 48.5 Å². The van der Waals surface area contributed by atoms with Crippen molar-refractivity contribution in [2.24, 2.45) is 0 Å². The van der Waals surface area contributed by atoms with Gasteiger partial charge in [-0.05, 0) is 65.4 Å². The third kappa shape index (κ3) is 6.23. The van der Waals surface area contributed by atoms with Crippen LogP contribution in [-0.4, -0.2) is 29.0 Å². The van der Waals surface area contributed by atoms with Crippen LogP contribution in [0.2, 0.25) is 0 Å². The number of anilines is 3. The molecule has 0 saturated carbocycles. The van der Waals surface area contributed by atoms with Crippen LogP contribution >= 0.6 is 0 Å². The number of methoxy groups -OCH3 is 1. The zero-order valence-electron chi connectivity index (χ0n) is 18.6. The number of hydrogen-bond acceptors (Lipinski definition) is 8. The molecular formula is C25H22N4O6. The molecular weight excluding hydrogens is 452 g/mol. The fraction of sp³-hybridized carbons (Fsp3) is 0.0400. The van der Waals surface area contributed by atoms with E-state index in [9.17, 15) is 24.8 Å². The number of amides is 1. The molecule has 0 fully saturated rings. The predicted molar refractivity (Wildman–Crippen MR) is 133 cm³/mol. The molecule has 4 aromatic carbocycles. The number of hydrogen-bond donors (Lipinski definition) is 4. The van der Waals surface area contributed by atoms with Gasteiger partial charge in [-0.15, -0.1) is 0 Å². The summed E-state index contributed by atoms with van der Waals surface area (Å²) in [5, 5.41) is 24.5. The summed E-state index contributed by atoms with van der Waals surface area (Å²) in [4.78, 5) is 34.4. The summed E-state index contributed by atoms with van der Waals surface area (Å²) < 4.78 is 4.62. The highest BCUT2D eigenvalue weighted by Crippen LogP contribution is 2.27. The Labute approximate surface area is 199 Å². The zero-order valence-corrected chi connectivity index (χ0v) is 18.6. The van der Waals surface area contributed by atoms with Gasteiger partial charge in [0.1, 0.15) is 11.3 Å². The van der Waals surface area contributed by atoms with Crippen molar-refractivity contribution in [3.63, 3.8) is 0 Å². The number of aromatic hydroxyl groups is 1. The molecule has 0 radical (unpaired) electrons. The van der Waals surface area contributed by atoms with Crippen molar-refractivity contribution in [3.05, 3.63) is 100 Å². The lowest BCUT2D eigenvalue weighted by Gasteiger charge is -2.08. The molecule has 35 heavy (non-hydrogen) atoms. The number of phenolic OH excluding ortho intramolecular Hbond substituents is 1. The van der Waals surface area contributed by atoms with Crippen LogP contribution in [0.4, 0.5) is 22.7 Å². The lowest BCUT2D eigenvalue weighted by molar-refractivity contribution is -0.384. The first-order chi connectivity index (χ1) is 16.7. The van der Waals surface area contributed by atoms with Gasteiger partial charge in [0.25, 0.3) is 11.6 Å². The Morgan fingerprint density at radius 2 is 1.57 bits per heavy atom. The van der Waals surface area contributed by atoms with Gasteiger partial charge in [0.05, 0.1) is 12.0 Å². The van der Waals surface area contributed by atoms with Crippen LogP contribution in [0.25, 0.3) is 10.8 Å². The lowest BCUT2D eigenvalue weighted by Crippen LogP contribution is -2.12. The quantitative estimate of drug-likeness (QED) is 0.146. The van der Waals surface area contributed by atoms with E-state index in [1.807, 2.05) is 0 Å². The van der Waals surface area contributed by atoms with Crippen molar-refractivity contribution < 1.29 is 24.4 Å². The van der Waals surface area contributed by atoms with Gasteiger partial charge in [-0.2, -0.15) is 0 Å². The highest BCUT2D eigenvalue weighted by molar-refractivity contribution is 6.07. The Hall–Kier alpha value is -5.12. The zero-order chi connectivity index (χ0) is 25.5. The van der Waals surface area contributed by atoms with Gasteiger partial charge in [-0.3, -0.25) is 14.9 Å². The molecule has 6 N–H and O–H groups in total. The first-order valence-corrected chi connectivity index (χ1v) is 10.2. The largest absolute Gasteiger partial charge is 0.507 e. The first kappa shape index (κ1) is 24.5. The summed E-state index contributed by atoms with van der Waals surface area (Å²) in [7, 11) is 1.20. The molecule has 0 atom stereocenters. The molecule has 4 rings (SSSR count). The average Bonchev–Trinajstić information content (AvgIpc) is 2.85. The van der Waals surface area contributed by atoms with Gasteiger partial charge < -0.3 is 26.6 Å². The number of rotatable bonds is 4. The van der Waals surface area contributed by atoms with Crippen molar-refractivity contribution in [3.8, 4) is 5.75 Å². The Bertz CT molecular complexity index is 1380. The molecule has 178 valence electrons. The van der Waals surface area contributed by atoms with Gasteiger partial charge in [-0.1, -0.05) is 12.1 Å². The molecule has 0 aliphatic rings. The summed E-state index contributed by atoms with van der Waals surface area (Å²) in [6.45, 7) is 0. The molecule has 0 aliphatic carbocycles. The second-order valence-electron chi connectivity index (χ2n) is 7.35. The number of nitrogens with two attached hydrogens (primary N) is 2. The molecule has 4 aromatic rings. The number of esters is 1. The van der Waals surface area contributed by atoms with E-state index < -0.39 is 16.8 Å². The molecule has 0 bridgehead atoms. The van der Waals surface area contributed by atoms with Gasteiger partial charge in [0.2, 0.25) is 0 Å². The average molecular weight is 474 g/mol. The second-order valence-corrected chi connectivity index (χ2v) is 7.35. The normalized spacial score (nSPS) is 10.1. The molecule has 1 amide bonds. The monoisotopic (exact) mass is 474 g/mol. The van der Waals surface area contributed by atoms with Crippen LogP contribution in [-0.2, 0) is 4.74 Å². The highest BCUT2D eigenvalue weighted by atomic mass is 16.6. The molecule has 0 saturated heterocycles. The van der Waals surface area contributed by atoms with E-state index in [-0.39, 0.29) is 28.3 Å². The van der Waals surface area contributed by atoms with Gasteiger partial charge in [0.15, 0.2) is 0 Å². The van der Waals surface area contributed by atoms with Gasteiger partial charge in [-0.25, -0.2) is 4.79 Å². The SMILES string of the molecule is COC(=O)c1cc2cc(C(=O)Nc3cccc([N+](=O)[O-])c3)ccc2cc1O.Nc1ccc(N)cc1. The van der Waals surface area contributed by atoms with Crippen molar-refractivity contribution in [1.29, 1.82) is 0 Å². The molecule has 10 heteroatoms. The summed E-state index contributed by atoms with van der Waals surface area (Å²) in [6, 6.07) is 20.2. The van der Waals surface area contributed by atoms with Crippen LogP contribution < -0.4 is 16.8 Å². The molecule has 0 unspecified atom stereocenters. The van der Waals surface area contributed by atoms with Crippen LogP contribution in [0.15, 0.2) is 78.9 Å². The number of carbonyl (C=O) groups excluding carboxylic acids is 2. The fourth-order valence-electron chi connectivity index (χ4n) is 3.10. The molecule has 10 nitrogen and oxygen atoms in total. The number of fused-ring (bicyclic) bond motifs is 1. The number of non-ortho nitro benzene ring substituents is 1. The van der Waals surface area contributed by atoms with Crippen LogP contribution in [0.5, 0.6) is 5.75 Å². The standard InChI is InChI=1S/C19H14N2O6.C6H8N2/c1-27-19(24)16-8-13-7-12(6-5-11(13)9-17(16)22)18(23)20-14-3-2-4-15(10-14)21(25)26;7-5-1-2-6(8)4-3-5/h2-10,22H,1H3,(H,20,23);1-4H,7-8H2. The number of ether oxygens (including phenoxy) is 1. The van der Waals surface area contributed by atoms with E-state index in [0.29, 0.717) is 10.8 Å². The van der Waals surface area contributed by atoms with Gasteiger partial charge >= 0.3 is 5.97 Å². The molecule has 0 aliphatic heterocycles. The number of nitrogen functional groups attached to an aromatic ring is 2. The smallest absolute Gasteiger partial charge is 0.341 e. The van der Waals surface area contributed by atoms with E-state index >= 15 is 0 Å². The Balaban J connectivity index is 0.000000363. The second kappa shape index (κ2) is 10.7. The Morgan fingerprint density at radius 1 is 0.914 bits per heavy atom. The molecule has 0 heterocycles. The molecule has 0 aromatic heterocycles. The lowest BCUT2D eigenvalue weighted by atomic mass is 10.0. The number of nitro groups is 1. The predicted octanol–water partition coefficient (Wildman–Crippen LogP) is 4.34. The van der Waals surface area contributed by atoms with E-state index in [2.05, 4.69) is 10.1 Å². The van der Waals surface area contributed by atoms with Crippen LogP contribution in [0.1, 0.15) is 20.7 Å². The minimum absolute atomic E-state index is 0.0127. The summed E-state index contributed by atoms with van der Waals surface area (Å²) >= 11 is 0. The number of phenols is 1. The van der Waals surface area contributed by atoms with Crippen molar-refractivity contribution in [2.75, 3.05) is 23.9 Å². The maximum absolute atomic E-state index is 12.5. The number of benzene rings is 4. The molecule has 0 spiro atoms. The van der Waals surface area contributed by atoms with Crippen molar-refractivity contribution in [2.45, 2.75) is 0 Å². The Kier molecular flexibility index (Phi) is 7.47. The first-order valence-electron chi connectivity index (χ1n) is 10.2. The highest BCUT2D eigenvalue weighted by Gasteiger charge is 2.15. The fourth-order valence-corrected chi connectivity index (χ4v) is 3.10. The summed E-state index contributed by atoms with van der Waals surface area (Å²) in [5.74, 6) is -1.38. The minimum atomic E-state index is -0.694. The minimum Gasteiger partial charge on any atom is -0.507 e. The maximum Gasteiger partial charge on any atom is 0.341 e. The third-order valence-corrected chi connectivity index (χ3v) is 4.87. The number of carbonyl (C=O) groups is 2. The van der Waals surface area contributed by atoms with E-state index in [4.69, 9.17) is 11.5 Å². The van der Waals surface area contributed by atoms with Gasteiger partial charge in [0, 0.05) is 34.8 Å². The van der Waals surface area contributed by atoms with E-state index in [0.717, 1.165) is 11.4 Å².